The number of rotatable bonds is 4. The number of nitrogens with zero attached hydrogens (tertiary/aromatic N) is 4. The number of hydrogen-bond donors (Lipinski definition) is 1. The van der Waals surface area contributed by atoms with Crippen molar-refractivity contribution in [3.63, 3.8) is 0 Å². The lowest BCUT2D eigenvalue weighted by Gasteiger charge is -2.45. The first kappa shape index (κ1) is 27.0. The molecule has 1 N–H and O–H groups in total. The molecule has 4 fully saturated rings. The number of anilines is 1. The maximum atomic E-state index is 13.9. The first-order valence-electron chi connectivity index (χ1n) is 14.8. The Balaban J connectivity index is 1.15. The van der Waals surface area contributed by atoms with E-state index in [-0.39, 0.29) is 23.2 Å². The molecule has 1 aromatic carbocycles. The standard InChI is InChI=1S/C31H40N4O5/c1-30(2)19-31(29(39)40-30)12-5-13-35(20-31)22-10-16-34(17-11-22)27(36)24-18-26(32-25-7-4-3-6-23(24)25)33-14-8-21(9-15-33)28(37)38/h3-4,6-7,18,21-22H,5,8-17,19-20H2,1-2H3,(H,37,38). The molecule has 4 aliphatic heterocycles. The third-order valence-electron chi connectivity index (χ3n) is 9.54. The van der Waals surface area contributed by atoms with Crippen molar-refractivity contribution in [1.82, 2.24) is 14.8 Å². The lowest BCUT2D eigenvalue weighted by molar-refractivity contribution is -0.154. The molecule has 1 unspecified atom stereocenters. The molecule has 9 heteroatoms. The first-order valence-corrected chi connectivity index (χ1v) is 14.8. The summed E-state index contributed by atoms with van der Waals surface area (Å²) in [5.74, 6) is -0.333. The highest BCUT2D eigenvalue weighted by Crippen LogP contribution is 2.46. The zero-order chi connectivity index (χ0) is 28.1. The summed E-state index contributed by atoms with van der Waals surface area (Å²) in [5, 5.41) is 10.2. The van der Waals surface area contributed by atoms with E-state index in [1.54, 1.807) is 0 Å². The van der Waals surface area contributed by atoms with E-state index in [1.165, 1.54) is 0 Å². The molecule has 0 bridgehead atoms. The third-order valence-corrected chi connectivity index (χ3v) is 9.54. The second-order valence-electron chi connectivity index (χ2n) is 12.8. The van der Waals surface area contributed by atoms with E-state index in [9.17, 15) is 19.5 Å². The minimum atomic E-state index is -0.739. The highest BCUT2D eigenvalue weighted by Gasteiger charge is 2.54. The van der Waals surface area contributed by atoms with Crippen molar-refractivity contribution >= 4 is 34.6 Å². The summed E-state index contributed by atoms with van der Waals surface area (Å²) in [5.41, 5.74) is 0.657. The first-order chi connectivity index (χ1) is 19.1. The van der Waals surface area contributed by atoms with Crippen LogP contribution in [0.5, 0.6) is 0 Å². The highest BCUT2D eigenvalue weighted by molar-refractivity contribution is 6.07. The second kappa shape index (κ2) is 10.3. The van der Waals surface area contributed by atoms with Gasteiger partial charge < -0.3 is 19.6 Å². The zero-order valence-corrected chi connectivity index (χ0v) is 23.6. The van der Waals surface area contributed by atoms with Gasteiger partial charge in [-0.05, 0) is 71.0 Å². The predicted molar refractivity (Wildman–Crippen MR) is 151 cm³/mol. The number of aromatic nitrogens is 1. The lowest BCUT2D eigenvalue weighted by atomic mass is 9.74. The monoisotopic (exact) mass is 548 g/mol. The topological polar surface area (TPSA) is 103 Å². The van der Waals surface area contributed by atoms with Gasteiger partial charge in [-0.1, -0.05) is 18.2 Å². The van der Waals surface area contributed by atoms with Crippen LogP contribution < -0.4 is 4.90 Å². The van der Waals surface area contributed by atoms with Crippen LogP contribution in [0, 0.1) is 11.3 Å². The molecule has 9 nitrogen and oxygen atoms in total. The molecule has 1 spiro atoms. The molecule has 6 rings (SSSR count). The molecular weight excluding hydrogens is 508 g/mol. The van der Waals surface area contributed by atoms with E-state index in [1.807, 2.05) is 49.1 Å². The summed E-state index contributed by atoms with van der Waals surface area (Å²) < 4.78 is 5.73. The van der Waals surface area contributed by atoms with Crippen LogP contribution in [0.2, 0.25) is 0 Å². The maximum absolute atomic E-state index is 13.9. The van der Waals surface area contributed by atoms with Crippen LogP contribution >= 0.6 is 0 Å². The lowest BCUT2D eigenvalue weighted by Crippen LogP contribution is -2.53. The van der Waals surface area contributed by atoms with E-state index in [0.717, 1.165) is 61.9 Å². The number of amides is 1. The highest BCUT2D eigenvalue weighted by atomic mass is 16.6. The van der Waals surface area contributed by atoms with Crippen molar-refractivity contribution in [1.29, 1.82) is 0 Å². The number of esters is 1. The van der Waals surface area contributed by atoms with Gasteiger partial charge in [-0.25, -0.2) is 4.98 Å². The minimum Gasteiger partial charge on any atom is -0.481 e. The molecule has 1 amide bonds. The molecule has 1 aromatic heterocycles. The van der Waals surface area contributed by atoms with E-state index >= 15 is 0 Å². The number of cyclic esters (lactones) is 1. The van der Waals surface area contributed by atoms with E-state index in [0.29, 0.717) is 50.6 Å². The Morgan fingerprint density at radius 1 is 1.02 bits per heavy atom. The summed E-state index contributed by atoms with van der Waals surface area (Å²) in [7, 11) is 0. The van der Waals surface area contributed by atoms with Gasteiger partial charge >= 0.3 is 11.9 Å². The van der Waals surface area contributed by atoms with E-state index < -0.39 is 11.6 Å². The number of piperidine rings is 3. The van der Waals surface area contributed by atoms with Crippen LogP contribution in [0.3, 0.4) is 0 Å². The summed E-state index contributed by atoms with van der Waals surface area (Å²) in [4.78, 5) is 49.6. The van der Waals surface area contributed by atoms with Crippen molar-refractivity contribution in [2.45, 2.75) is 70.4 Å². The Morgan fingerprint density at radius 3 is 2.42 bits per heavy atom. The number of benzene rings is 1. The van der Waals surface area contributed by atoms with Gasteiger partial charge in [0.15, 0.2) is 0 Å². The number of fused-ring (bicyclic) bond motifs is 1. The number of carboxylic acid groups (broad SMARTS) is 1. The molecule has 0 saturated carbocycles. The average molecular weight is 549 g/mol. The maximum Gasteiger partial charge on any atom is 0.314 e. The molecule has 4 saturated heterocycles. The fourth-order valence-electron chi connectivity index (χ4n) is 7.53. The molecule has 1 atom stereocenters. The molecule has 2 aromatic rings. The zero-order valence-electron chi connectivity index (χ0n) is 23.6. The second-order valence-corrected chi connectivity index (χ2v) is 12.8. The van der Waals surface area contributed by atoms with Crippen LogP contribution in [0.1, 0.15) is 69.2 Å². The SMILES string of the molecule is CC1(C)CC2(CCCN(C3CCN(C(=O)c4cc(N5CCC(C(=O)O)CC5)nc5ccccc45)CC3)C2)C(=O)O1. The van der Waals surface area contributed by atoms with E-state index in [4.69, 9.17) is 9.72 Å². The number of carbonyl (C=O) groups is 3. The number of hydrogen-bond acceptors (Lipinski definition) is 7. The summed E-state index contributed by atoms with van der Waals surface area (Å²) in [6.45, 7) is 8.35. The smallest absolute Gasteiger partial charge is 0.314 e. The van der Waals surface area contributed by atoms with Crippen LogP contribution in [-0.2, 0) is 14.3 Å². The predicted octanol–water partition coefficient (Wildman–Crippen LogP) is 3.95. The van der Waals surface area contributed by atoms with Crippen molar-refractivity contribution in [3.8, 4) is 0 Å². The third kappa shape index (κ3) is 5.04. The van der Waals surface area contributed by atoms with Gasteiger partial charge in [0.1, 0.15) is 11.4 Å². The van der Waals surface area contributed by atoms with Crippen molar-refractivity contribution < 1.29 is 24.2 Å². The normalized spacial score (nSPS) is 26.4. The van der Waals surface area contributed by atoms with Crippen molar-refractivity contribution in [2.24, 2.45) is 11.3 Å². The molecular formula is C31H40N4O5. The molecule has 4 aliphatic rings. The Kier molecular flexibility index (Phi) is 6.97. The fraction of sp³-hybridized carbons (Fsp3) is 0.613. The van der Waals surface area contributed by atoms with Crippen LogP contribution in [-0.4, -0.2) is 88.6 Å². The van der Waals surface area contributed by atoms with E-state index in [2.05, 4.69) is 9.80 Å². The van der Waals surface area contributed by atoms with Gasteiger partial charge in [-0.3, -0.25) is 19.3 Å². The molecule has 214 valence electrons. The number of ether oxygens (including phenoxy) is 1. The quantitative estimate of drug-likeness (QED) is 0.573. The van der Waals surface area contributed by atoms with Gasteiger partial charge in [0.2, 0.25) is 0 Å². The van der Waals surface area contributed by atoms with Crippen LogP contribution in [0.25, 0.3) is 10.9 Å². The summed E-state index contributed by atoms with van der Waals surface area (Å²) in [6, 6.07) is 10.0. The number of carbonyl (C=O) groups excluding carboxylic acids is 2. The van der Waals surface area contributed by atoms with Gasteiger partial charge in [0, 0.05) is 50.6 Å². The Hall–Kier alpha value is -3.20. The van der Waals surface area contributed by atoms with Crippen LogP contribution in [0.4, 0.5) is 5.82 Å². The Morgan fingerprint density at radius 2 is 1.75 bits per heavy atom. The fourth-order valence-corrected chi connectivity index (χ4v) is 7.53. The average Bonchev–Trinajstić information content (AvgIpc) is 3.18. The number of pyridine rings is 1. The number of para-hydroxylation sites is 1. The van der Waals surface area contributed by atoms with Crippen molar-refractivity contribution in [3.05, 3.63) is 35.9 Å². The molecule has 40 heavy (non-hydrogen) atoms. The van der Waals surface area contributed by atoms with Gasteiger partial charge in [-0.2, -0.15) is 0 Å². The van der Waals surface area contributed by atoms with Gasteiger partial charge in [0.25, 0.3) is 5.91 Å². The number of likely N-dealkylation sites (tertiary alicyclic amines) is 2. The molecule has 0 radical (unpaired) electrons. The van der Waals surface area contributed by atoms with Crippen LogP contribution in [0.15, 0.2) is 30.3 Å². The Bertz CT molecular complexity index is 1310. The van der Waals surface area contributed by atoms with Gasteiger partial charge in [0.05, 0.1) is 22.4 Å². The van der Waals surface area contributed by atoms with Crippen molar-refractivity contribution in [2.75, 3.05) is 44.2 Å². The Labute approximate surface area is 235 Å². The molecule has 0 aliphatic carbocycles. The summed E-state index contributed by atoms with van der Waals surface area (Å²) >= 11 is 0. The summed E-state index contributed by atoms with van der Waals surface area (Å²) in [6.07, 6.45) is 5.60. The largest absolute Gasteiger partial charge is 0.481 e. The molecule has 5 heterocycles. The minimum absolute atomic E-state index is 0.0231. The number of carboxylic acids is 1. The van der Waals surface area contributed by atoms with Gasteiger partial charge in [-0.15, -0.1) is 0 Å². The number of aliphatic carboxylic acids is 1.